The molecule has 2 amide bonds. The number of carbonyl (C=O) groups excluding carboxylic acids is 2. The first-order valence-electron chi connectivity index (χ1n) is 9.09. The fourth-order valence-corrected chi connectivity index (χ4v) is 2.63. The summed E-state index contributed by atoms with van der Waals surface area (Å²) in [6.45, 7) is 3.41. The first kappa shape index (κ1) is 20.7. The third kappa shape index (κ3) is 4.35. The fraction of sp³-hybridized carbons (Fsp3) is 0.263. The smallest absolute Gasteiger partial charge is 0.254 e. The average molecular weight is 411 g/mol. The van der Waals surface area contributed by atoms with Crippen molar-refractivity contribution in [3.63, 3.8) is 0 Å². The molecule has 0 radical (unpaired) electrons. The Morgan fingerprint density at radius 2 is 2.07 bits per heavy atom. The predicted molar refractivity (Wildman–Crippen MR) is 109 cm³/mol. The molecule has 156 valence electrons. The van der Waals surface area contributed by atoms with E-state index < -0.39 is 0 Å². The zero-order chi connectivity index (χ0) is 21.7. The van der Waals surface area contributed by atoms with Crippen LogP contribution in [0.1, 0.15) is 29.6 Å². The highest BCUT2D eigenvalue weighted by molar-refractivity contribution is 6.01. The summed E-state index contributed by atoms with van der Waals surface area (Å²) in [5.74, 6) is 1.16. The van der Waals surface area contributed by atoms with Gasteiger partial charge >= 0.3 is 0 Å². The molecule has 11 heteroatoms. The summed E-state index contributed by atoms with van der Waals surface area (Å²) in [4.78, 5) is 36.7. The number of hydrogen-bond donors (Lipinski definition) is 3. The predicted octanol–water partition coefficient (Wildman–Crippen LogP) is 2.30. The van der Waals surface area contributed by atoms with Gasteiger partial charge in [-0.3, -0.25) is 9.59 Å². The van der Waals surface area contributed by atoms with Crippen molar-refractivity contribution in [3.8, 4) is 17.1 Å². The van der Waals surface area contributed by atoms with Gasteiger partial charge in [-0.2, -0.15) is 4.98 Å². The van der Waals surface area contributed by atoms with E-state index in [9.17, 15) is 9.59 Å². The van der Waals surface area contributed by atoms with Gasteiger partial charge in [-0.1, -0.05) is 12.1 Å². The second-order valence-electron chi connectivity index (χ2n) is 6.10. The van der Waals surface area contributed by atoms with Gasteiger partial charge in [0.15, 0.2) is 11.6 Å². The van der Waals surface area contributed by atoms with Gasteiger partial charge in [0.2, 0.25) is 17.6 Å². The molecule has 3 N–H and O–H groups in total. The van der Waals surface area contributed by atoms with Gasteiger partial charge in [-0.25, -0.2) is 9.97 Å². The van der Waals surface area contributed by atoms with Gasteiger partial charge in [0.05, 0.1) is 23.9 Å². The van der Waals surface area contributed by atoms with Crippen molar-refractivity contribution >= 4 is 29.1 Å². The summed E-state index contributed by atoms with van der Waals surface area (Å²) in [5.41, 5.74) is 1.20. The van der Waals surface area contributed by atoms with Crippen molar-refractivity contribution < 1.29 is 18.8 Å². The van der Waals surface area contributed by atoms with E-state index in [1.165, 1.54) is 20.4 Å². The topological polar surface area (TPSA) is 144 Å². The van der Waals surface area contributed by atoms with Gasteiger partial charge in [-0.05, 0) is 6.07 Å². The van der Waals surface area contributed by atoms with E-state index in [0.717, 1.165) is 0 Å². The van der Waals surface area contributed by atoms with Crippen molar-refractivity contribution in [1.82, 2.24) is 25.4 Å². The average Bonchev–Trinajstić information content (AvgIpc) is 3.19. The quantitative estimate of drug-likeness (QED) is 0.533. The molecule has 0 spiro atoms. The van der Waals surface area contributed by atoms with Gasteiger partial charge in [0.1, 0.15) is 5.82 Å². The highest BCUT2D eigenvalue weighted by atomic mass is 16.5. The Labute approximate surface area is 172 Å². The number of rotatable bonds is 7. The molecule has 0 bridgehead atoms. The van der Waals surface area contributed by atoms with Crippen LogP contribution in [0.5, 0.6) is 5.75 Å². The zero-order valence-electron chi connectivity index (χ0n) is 16.9. The number of pyridine rings is 2. The molecular formula is C19H21N7O4. The number of ether oxygens (including phenoxy) is 1. The number of nitrogens with one attached hydrogen (secondary N) is 3. The molecule has 3 aromatic heterocycles. The standard InChI is InChI=1S/C19H21N7O4/c1-5-15(27)25-14-8-13(12(9-22-14)19(28)20-3)24-18-16(29-4)11(6-7-21-18)17-23-10(2)30-26-17/h6-9H,5H2,1-4H3,(H,20,28)(H2,21,22,24,25,27). The maximum Gasteiger partial charge on any atom is 0.254 e. The van der Waals surface area contributed by atoms with Crippen LogP contribution in [0.25, 0.3) is 11.4 Å². The number of nitrogens with zero attached hydrogens (tertiary/aromatic N) is 4. The van der Waals surface area contributed by atoms with Gasteiger partial charge in [-0.15, -0.1) is 0 Å². The SMILES string of the molecule is CCC(=O)Nc1cc(Nc2nccc(-c3noc(C)n3)c2OC)c(C(=O)NC)cn1. The summed E-state index contributed by atoms with van der Waals surface area (Å²) in [5, 5.41) is 12.2. The minimum atomic E-state index is -0.359. The van der Waals surface area contributed by atoms with E-state index in [1.54, 1.807) is 32.2 Å². The molecular weight excluding hydrogens is 390 g/mol. The van der Waals surface area contributed by atoms with Crippen LogP contribution in [0.2, 0.25) is 0 Å². The number of aromatic nitrogens is 4. The maximum absolute atomic E-state index is 12.3. The van der Waals surface area contributed by atoms with Gasteiger partial charge in [0, 0.05) is 38.9 Å². The Morgan fingerprint density at radius 1 is 1.27 bits per heavy atom. The largest absolute Gasteiger partial charge is 0.492 e. The molecule has 0 aliphatic carbocycles. The zero-order valence-corrected chi connectivity index (χ0v) is 16.9. The monoisotopic (exact) mass is 411 g/mol. The summed E-state index contributed by atoms with van der Waals surface area (Å²) in [6, 6.07) is 3.23. The Balaban J connectivity index is 2.05. The molecule has 3 heterocycles. The van der Waals surface area contributed by atoms with E-state index >= 15 is 0 Å². The molecule has 11 nitrogen and oxygen atoms in total. The molecule has 0 aliphatic rings. The van der Waals surface area contributed by atoms with Crippen molar-refractivity contribution in [1.29, 1.82) is 0 Å². The van der Waals surface area contributed by atoms with E-state index in [2.05, 4.69) is 36.1 Å². The number of methoxy groups -OCH3 is 1. The third-order valence-corrected chi connectivity index (χ3v) is 4.09. The van der Waals surface area contributed by atoms with Crippen LogP contribution in [0.15, 0.2) is 29.0 Å². The lowest BCUT2D eigenvalue weighted by Crippen LogP contribution is -2.20. The van der Waals surface area contributed by atoms with Crippen LogP contribution in [0.3, 0.4) is 0 Å². The van der Waals surface area contributed by atoms with Gasteiger partial charge in [0.25, 0.3) is 5.91 Å². The number of carbonyl (C=O) groups is 2. The number of anilines is 3. The minimum absolute atomic E-state index is 0.202. The molecule has 0 saturated heterocycles. The molecule has 3 rings (SSSR count). The van der Waals surface area contributed by atoms with E-state index in [-0.39, 0.29) is 17.4 Å². The molecule has 0 unspecified atom stereocenters. The van der Waals surface area contributed by atoms with E-state index in [0.29, 0.717) is 46.8 Å². The molecule has 0 fully saturated rings. The number of aryl methyl sites for hydroxylation is 1. The summed E-state index contributed by atoms with van der Waals surface area (Å²) >= 11 is 0. The Bertz CT molecular complexity index is 1080. The summed E-state index contributed by atoms with van der Waals surface area (Å²) < 4.78 is 10.6. The van der Waals surface area contributed by atoms with Crippen LogP contribution in [-0.4, -0.2) is 46.1 Å². The Hall–Kier alpha value is -4.02. The van der Waals surface area contributed by atoms with Crippen LogP contribution >= 0.6 is 0 Å². The first-order valence-corrected chi connectivity index (χ1v) is 9.09. The number of amides is 2. The lowest BCUT2D eigenvalue weighted by atomic mass is 10.2. The Morgan fingerprint density at radius 3 is 2.70 bits per heavy atom. The molecule has 3 aromatic rings. The summed E-state index contributed by atoms with van der Waals surface area (Å²) in [6.07, 6.45) is 3.21. The highest BCUT2D eigenvalue weighted by Crippen LogP contribution is 2.35. The normalized spacial score (nSPS) is 10.4. The number of hydrogen-bond acceptors (Lipinski definition) is 9. The molecule has 0 aromatic carbocycles. The van der Waals surface area contributed by atoms with Crippen molar-refractivity contribution in [3.05, 3.63) is 36.0 Å². The Kier molecular flexibility index (Phi) is 6.20. The highest BCUT2D eigenvalue weighted by Gasteiger charge is 2.19. The van der Waals surface area contributed by atoms with Crippen LogP contribution in [0, 0.1) is 6.92 Å². The van der Waals surface area contributed by atoms with Crippen molar-refractivity contribution in [2.45, 2.75) is 20.3 Å². The van der Waals surface area contributed by atoms with Crippen molar-refractivity contribution in [2.75, 3.05) is 24.8 Å². The second kappa shape index (κ2) is 8.99. The maximum atomic E-state index is 12.3. The van der Waals surface area contributed by atoms with Gasteiger partial charge < -0.3 is 25.2 Å². The molecule has 0 atom stereocenters. The fourth-order valence-electron chi connectivity index (χ4n) is 2.63. The van der Waals surface area contributed by atoms with E-state index in [1.807, 2.05) is 0 Å². The molecule has 0 saturated carbocycles. The lowest BCUT2D eigenvalue weighted by molar-refractivity contribution is -0.115. The first-order chi connectivity index (χ1) is 14.5. The third-order valence-electron chi connectivity index (χ3n) is 4.09. The molecule has 30 heavy (non-hydrogen) atoms. The summed E-state index contributed by atoms with van der Waals surface area (Å²) in [7, 11) is 2.99. The minimum Gasteiger partial charge on any atom is -0.492 e. The van der Waals surface area contributed by atoms with Crippen LogP contribution in [-0.2, 0) is 4.79 Å². The van der Waals surface area contributed by atoms with Crippen molar-refractivity contribution in [2.24, 2.45) is 0 Å². The lowest BCUT2D eigenvalue weighted by Gasteiger charge is -2.15. The molecule has 0 aliphatic heterocycles. The second-order valence-corrected chi connectivity index (χ2v) is 6.10. The van der Waals surface area contributed by atoms with E-state index in [4.69, 9.17) is 9.26 Å². The van der Waals surface area contributed by atoms with Crippen LogP contribution < -0.4 is 20.7 Å². The van der Waals surface area contributed by atoms with Crippen LogP contribution in [0.4, 0.5) is 17.3 Å².